The van der Waals surface area contributed by atoms with Crippen LogP contribution in [-0.2, 0) is 16.1 Å². The van der Waals surface area contributed by atoms with Crippen molar-refractivity contribution in [2.24, 2.45) is 0 Å². The lowest BCUT2D eigenvalue weighted by molar-refractivity contribution is -0.330. The highest BCUT2D eigenvalue weighted by Gasteiger charge is 2.28. The molecule has 94 valence electrons. The van der Waals surface area contributed by atoms with Gasteiger partial charge >= 0.3 is 12.3 Å². The summed E-state index contributed by atoms with van der Waals surface area (Å²) in [4.78, 5) is 10.7. The highest BCUT2D eigenvalue weighted by molar-refractivity contribution is 5.75. The van der Waals surface area contributed by atoms with Crippen molar-refractivity contribution in [2.45, 2.75) is 25.8 Å². The molecular formula is C11H11F3O3. The fourth-order valence-corrected chi connectivity index (χ4v) is 1.21. The maximum absolute atomic E-state index is 11.8. The molecular weight excluding hydrogens is 237 g/mol. The monoisotopic (exact) mass is 248 g/mol. The second-order valence-electron chi connectivity index (χ2n) is 3.54. The van der Waals surface area contributed by atoms with Gasteiger partial charge in [-0.15, -0.1) is 13.2 Å². The average molecular weight is 248 g/mol. The van der Waals surface area contributed by atoms with Gasteiger partial charge in [-0.1, -0.05) is 24.3 Å². The number of hydrogen-bond acceptors (Lipinski definition) is 2. The molecule has 3 nitrogen and oxygen atoms in total. The molecule has 0 fully saturated rings. The largest absolute Gasteiger partial charge is 0.522 e. The average Bonchev–Trinajstić information content (AvgIpc) is 2.25. The van der Waals surface area contributed by atoms with Gasteiger partial charge in [0.25, 0.3) is 0 Å². The van der Waals surface area contributed by atoms with Crippen molar-refractivity contribution in [1.82, 2.24) is 0 Å². The van der Waals surface area contributed by atoms with Crippen LogP contribution in [0.3, 0.4) is 0 Å². The number of hydrogen-bond donors (Lipinski definition) is 1. The molecule has 0 saturated carbocycles. The number of aliphatic carboxylic acids is 1. The SMILES string of the molecule is CC(C(=O)O)c1ccc(COC(F)(F)F)cc1. The minimum absolute atomic E-state index is 0.337. The Morgan fingerprint density at radius 3 is 2.29 bits per heavy atom. The molecule has 0 aliphatic heterocycles. The Balaban J connectivity index is 2.65. The molecule has 0 aliphatic carbocycles. The Labute approximate surface area is 95.8 Å². The number of carboxylic acids is 1. The van der Waals surface area contributed by atoms with E-state index in [9.17, 15) is 18.0 Å². The normalized spacial score (nSPS) is 13.4. The molecule has 0 heterocycles. The van der Waals surface area contributed by atoms with E-state index in [-0.39, 0.29) is 0 Å². The van der Waals surface area contributed by atoms with Crippen molar-refractivity contribution in [3.63, 3.8) is 0 Å². The van der Waals surface area contributed by atoms with Crippen LogP contribution in [0.25, 0.3) is 0 Å². The number of carbonyl (C=O) groups is 1. The molecule has 17 heavy (non-hydrogen) atoms. The van der Waals surface area contributed by atoms with Gasteiger partial charge in [-0.05, 0) is 18.1 Å². The molecule has 0 radical (unpaired) electrons. The molecule has 1 rings (SSSR count). The number of alkyl halides is 3. The Morgan fingerprint density at radius 1 is 1.35 bits per heavy atom. The number of benzene rings is 1. The van der Waals surface area contributed by atoms with E-state index in [2.05, 4.69) is 4.74 Å². The van der Waals surface area contributed by atoms with Gasteiger partial charge in [-0.2, -0.15) is 0 Å². The summed E-state index contributed by atoms with van der Waals surface area (Å²) in [5, 5.41) is 8.74. The predicted octanol–water partition coefficient (Wildman–Crippen LogP) is 2.91. The van der Waals surface area contributed by atoms with Crippen LogP contribution in [0.4, 0.5) is 13.2 Å². The second kappa shape index (κ2) is 5.18. The van der Waals surface area contributed by atoms with Crippen molar-refractivity contribution in [2.75, 3.05) is 0 Å². The summed E-state index contributed by atoms with van der Waals surface area (Å²) >= 11 is 0. The van der Waals surface area contributed by atoms with E-state index in [1.54, 1.807) is 0 Å². The zero-order valence-corrected chi connectivity index (χ0v) is 8.99. The van der Waals surface area contributed by atoms with E-state index in [4.69, 9.17) is 5.11 Å². The summed E-state index contributed by atoms with van der Waals surface area (Å²) in [5.74, 6) is -1.67. The van der Waals surface area contributed by atoms with Crippen LogP contribution < -0.4 is 0 Å². The van der Waals surface area contributed by atoms with Crippen molar-refractivity contribution in [3.8, 4) is 0 Å². The first kappa shape index (κ1) is 13.5. The maximum Gasteiger partial charge on any atom is 0.522 e. The highest BCUT2D eigenvalue weighted by atomic mass is 19.4. The quantitative estimate of drug-likeness (QED) is 0.891. The van der Waals surface area contributed by atoms with Crippen molar-refractivity contribution >= 4 is 5.97 Å². The lowest BCUT2D eigenvalue weighted by Crippen LogP contribution is -2.13. The first-order valence-electron chi connectivity index (χ1n) is 4.82. The first-order valence-corrected chi connectivity index (χ1v) is 4.82. The van der Waals surface area contributed by atoms with E-state index < -0.39 is 24.9 Å². The van der Waals surface area contributed by atoms with Gasteiger partial charge in [0.15, 0.2) is 0 Å². The Kier molecular flexibility index (Phi) is 4.11. The molecule has 1 aromatic rings. The van der Waals surface area contributed by atoms with Crippen LogP contribution in [-0.4, -0.2) is 17.4 Å². The van der Waals surface area contributed by atoms with Crippen molar-refractivity contribution < 1.29 is 27.8 Å². The van der Waals surface area contributed by atoms with Crippen LogP contribution in [0.5, 0.6) is 0 Å². The maximum atomic E-state index is 11.8. The molecule has 0 aromatic heterocycles. The Bertz CT molecular complexity index is 384. The number of carboxylic acid groups (broad SMARTS) is 1. The number of ether oxygens (including phenoxy) is 1. The standard InChI is InChI=1S/C11H11F3O3/c1-7(10(15)16)9-4-2-8(3-5-9)6-17-11(12,13)14/h2-5,7H,6H2,1H3,(H,15,16). The summed E-state index contributed by atoms with van der Waals surface area (Å²) in [5.41, 5.74) is 0.872. The minimum atomic E-state index is -4.66. The van der Waals surface area contributed by atoms with Crippen LogP contribution in [0, 0.1) is 0 Å². The molecule has 1 aromatic carbocycles. The Hall–Kier alpha value is -1.56. The van der Waals surface area contributed by atoms with Crippen molar-refractivity contribution in [1.29, 1.82) is 0 Å². The zero-order valence-electron chi connectivity index (χ0n) is 8.99. The zero-order chi connectivity index (χ0) is 13.1. The van der Waals surface area contributed by atoms with Crippen LogP contribution >= 0.6 is 0 Å². The van der Waals surface area contributed by atoms with E-state index in [1.165, 1.54) is 31.2 Å². The smallest absolute Gasteiger partial charge is 0.481 e. The molecule has 1 unspecified atom stereocenters. The molecule has 6 heteroatoms. The summed E-state index contributed by atoms with van der Waals surface area (Å²) < 4.78 is 38.9. The van der Waals surface area contributed by atoms with Gasteiger partial charge in [-0.3, -0.25) is 9.53 Å². The summed E-state index contributed by atoms with van der Waals surface area (Å²) in [6.07, 6.45) is -4.66. The fraction of sp³-hybridized carbons (Fsp3) is 0.364. The molecule has 0 spiro atoms. The van der Waals surface area contributed by atoms with Crippen LogP contribution in [0.15, 0.2) is 24.3 Å². The molecule has 0 amide bonds. The fourth-order valence-electron chi connectivity index (χ4n) is 1.21. The molecule has 0 saturated heterocycles. The molecule has 1 atom stereocenters. The number of halogens is 3. The van der Waals surface area contributed by atoms with Crippen LogP contribution in [0.1, 0.15) is 24.0 Å². The molecule has 0 bridgehead atoms. The predicted molar refractivity (Wildman–Crippen MR) is 53.3 cm³/mol. The topological polar surface area (TPSA) is 46.5 Å². The van der Waals surface area contributed by atoms with Gasteiger partial charge in [0.1, 0.15) is 0 Å². The van der Waals surface area contributed by atoms with Gasteiger partial charge in [0.05, 0.1) is 12.5 Å². The number of rotatable bonds is 4. The van der Waals surface area contributed by atoms with Gasteiger partial charge in [0, 0.05) is 0 Å². The lowest BCUT2D eigenvalue weighted by atomic mass is 10.0. The van der Waals surface area contributed by atoms with E-state index in [1.807, 2.05) is 0 Å². The van der Waals surface area contributed by atoms with E-state index in [0.29, 0.717) is 11.1 Å². The highest BCUT2D eigenvalue weighted by Crippen LogP contribution is 2.20. The first-order chi connectivity index (χ1) is 7.79. The van der Waals surface area contributed by atoms with Gasteiger partial charge in [-0.25, -0.2) is 0 Å². The molecule has 0 aliphatic rings. The van der Waals surface area contributed by atoms with E-state index >= 15 is 0 Å². The summed E-state index contributed by atoms with van der Waals surface area (Å²) in [7, 11) is 0. The van der Waals surface area contributed by atoms with Crippen molar-refractivity contribution in [3.05, 3.63) is 35.4 Å². The third-order valence-corrected chi connectivity index (χ3v) is 2.25. The Morgan fingerprint density at radius 2 is 1.88 bits per heavy atom. The third kappa shape index (κ3) is 4.44. The van der Waals surface area contributed by atoms with Gasteiger partial charge < -0.3 is 5.11 Å². The second-order valence-corrected chi connectivity index (χ2v) is 3.54. The summed E-state index contributed by atoms with van der Waals surface area (Å²) in [6.45, 7) is 0.925. The summed E-state index contributed by atoms with van der Waals surface area (Å²) in [6, 6.07) is 5.79. The minimum Gasteiger partial charge on any atom is -0.481 e. The molecule has 1 N–H and O–H groups in total. The van der Waals surface area contributed by atoms with Gasteiger partial charge in [0.2, 0.25) is 0 Å². The van der Waals surface area contributed by atoms with Crippen LogP contribution in [0.2, 0.25) is 0 Å². The lowest BCUT2D eigenvalue weighted by Gasteiger charge is -2.09. The van der Waals surface area contributed by atoms with E-state index in [0.717, 1.165) is 0 Å². The third-order valence-electron chi connectivity index (χ3n) is 2.25.